The van der Waals surface area contributed by atoms with Gasteiger partial charge in [0.1, 0.15) is 0 Å². The molecule has 1 aromatic carbocycles. The van der Waals surface area contributed by atoms with Crippen LogP contribution < -0.4 is 9.47 Å². The third-order valence-corrected chi connectivity index (χ3v) is 5.10. The molecule has 0 saturated carbocycles. The van der Waals surface area contributed by atoms with Gasteiger partial charge in [-0.25, -0.2) is 0 Å². The van der Waals surface area contributed by atoms with E-state index in [0.29, 0.717) is 25.6 Å². The first-order valence-electron chi connectivity index (χ1n) is 7.93. The molecule has 0 spiro atoms. The van der Waals surface area contributed by atoms with E-state index in [0.717, 1.165) is 36.8 Å². The van der Waals surface area contributed by atoms with Crippen molar-refractivity contribution >= 4 is 5.91 Å². The van der Waals surface area contributed by atoms with Gasteiger partial charge in [0.15, 0.2) is 11.5 Å². The number of hydrogen-bond acceptors (Lipinski definition) is 5. The van der Waals surface area contributed by atoms with Crippen LogP contribution in [0, 0.1) is 11.3 Å². The summed E-state index contributed by atoms with van der Waals surface area (Å²) in [5.41, 5.74) is 0.924. The molecule has 2 atom stereocenters. The Labute approximate surface area is 135 Å². The second kappa shape index (κ2) is 5.69. The van der Waals surface area contributed by atoms with Crippen LogP contribution in [0.2, 0.25) is 0 Å². The summed E-state index contributed by atoms with van der Waals surface area (Å²) in [6.45, 7) is 3.77. The number of amides is 1. The molecule has 0 N–H and O–H groups in total. The van der Waals surface area contributed by atoms with E-state index in [-0.39, 0.29) is 18.1 Å². The molecule has 124 valence electrons. The standard InChI is InChI=1S/C17H21NO5/c1-20-9-17-8-18(6-13(17)7-21-10-17)16(19)5-12-2-3-14-15(4-12)23-11-22-14/h2-4,13H,5-11H2,1H3/t13-,17-/m1/s1. The van der Waals surface area contributed by atoms with E-state index in [4.69, 9.17) is 18.9 Å². The predicted molar refractivity (Wildman–Crippen MR) is 81.5 cm³/mol. The zero-order valence-electron chi connectivity index (χ0n) is 13.2. The molecule has 0 unspecified atom stereocenters. The van der Waals surface area contributed by atoms with E-state index >= 15 is 0 Å². The maximum absolute atomic E-state index is 12.7. The molecule has 0 bridgehead atoms. The first-order chi connectivity index (χ1) is 11.2. The Morgan fingerprint density at radius 2 is 2.26 bits per heavy atom. The van der Waals surface area contributed by atoms with Gasteiger partial charge >= 0.3 is 0 Å². The van der Waals surface area contributed by atoms with Gasteiger partial charge in [0.25, 0.3) is 0 Å². The molecular formula is C17H21NO5. The highest BCUT2D eigenvalue weighted by molar-refractivity contribution is 5.79. The van der Waals surface area contributed by atoms with Gasteiger partial charge in [-0.1, -0.05) is 6.07 Å². The Kier molecular flexibility index (Phi) is 3.66. The SMILES string of the molecule is COC[C@]12COC[C@H]1CN(C(=O)Cc1ccc3c(c1)OCO3)C2. The van der Waals surface area contributed by atoms with Gasteiger partial charge in [-0.2, -0.15) is 0 Å². The summed E-state index contributed by atoms with van der Waals surface area (Å²) in [4.78, 5) is 14.6. The summed E-state index contributed by atoms with van der Waals surface area (Å²) in [6, 6.07) is 5.69. The van der Waals surface area contributed by atoms with Crippen molar-refractivity contribution in [2.24, 2.45) is 11.3 Å². The number of nitrogens with zero attached hydrogens (tertiary/aromatic N) is 1. The lowest BCUT2D eigenvalue weighted by molar-refractivity contribution is -0.130. The Hall–Kier alpha value is -1.79. The maximum Gasteiger partial charge on any atom is 0.231 e. The molecule has 2 saturated heterocycles. The predicted octanol–water partition coefficient (Wildman–Crippen LogP) is 1.08. The van der Waals surface area contributed by atoms with Crippen molar-refractivity contribution in [3.05, 3.63) is 23.8 Å². The monoisotopic (exact) mass is 319 g/mol. The van der Waals surface area contributed by atoms with Crippen molar-refractivity contribution in [3.63, 3.8) is 0 Å². The van der Waals surface area contributed by atoms with Crippen molar-refractivity contribution in [3.8, 4) is 11.5 Å². The summed E-state index contributed by atoms with van der Waals surface area (Å²) in [5, 5.41) is 0. The van der Waals surface area contributed by atoms with Crippen molar-refractivity contribution in [1.29, 1.82) is 0 Å². The lowest BCUT2D eigenvalue weighted by Gasteiger charge is -2.26. The van der Waals surface area contributed by atoms with Gasteiger partial charge in [0.2, 0.25) is 12.7 Å². The van der Waals surface area contributed by atoms with Crippen LogP contribution in [0.3, 0.4) is 0 Å². The topological polar surface area (TPSA) is 57.2 Å². The van der Waals surface area contributed by atoms with Gasteiger partial charge in [0.05, 0.1) is 26.2 Å². The van der Waals surface area contributed by atoms with Gasteiger partial charge in [0, 0.05) is 31.5 Å². The number of rotatable bonds is 4. The molecule has 0 aromatic heterocycles. The average molecular weight is 319 g/mol. The Morgan fingerprint density at radius 1 is 1.39 bits per heavy atom. The summed E-state index contributed by atoms with van der Waals surface area (Å²) in [5.74, 6) is 1.99. The van der Waals surface area contributed by atoms with Crippen LogP contribution in [0.15, 0.2) is 18.2 Å². The normalized spacial score (nSPS) is 28.2. The zero-order chi connectivity index (χ0) is 15.9. The molecule has 3 heterocycles. The van der Waals surface area contributed by atoms with E-state index in [1.807, 2.05) is 23.1 Å². The molecule has 3 aliphatic rings. The Morgan fingerprint density at radius 3 is 3.13 bits per heavy atom. The van der Waals surface area contributed by atoms with E-state index in [1.54, 1.807) is 7.11 Å². The minimum Gasteiger partial charge on any atom is -0.454 e. The van der Waals surface area contributed by atoms with Crippen LogP contribution >= 0.6 is 0 Å². The highest BCUT2D eigenvalue weighted by atomic mass is 16.7. The van der Waals surface area contributed by atoms with E-state index in [1.165, 1.54) is 0 Å². The second-order valence-electron chi connectivity index (χ2n) is 6.65. The smallest absolute Gasteiger partial charge is 0.231 e. The third-order valence-electron chi connectivity index (χ3n) is 5.10. The second-order valence-corrected chi connectivity index (χ2v) is 6.65. The Bertz CT molecular complexity index is 619. The number of likely N-dealkylation sites (tertiary alicyclic amines) is 1. The number of ether oxygens (including phenoxy) is 4. The highest BCUT2D eigenvalue weighted by Gasteiger charge is 2.51. The number of hydrogen-bond donors (Lipinski definition) is 0. The van der Waals surface area contributed by atoms with Gasteiger partial charge < -0.3 is 23.8 Å². The molecule has 23 heavy (non-hydrogen) atoms. The average Bonchev–Trinajstić information content (AvgIpc) is 3.20. The summed E-state index contributed by atoms with van der Waals surface area (Å²) in [7, 11) is 1.71. The van der Waals surface area contributed by atoms with Crippen LogP contribution in [-0.4, -0.2) is 57.6 Å². The molecular weight excluding hydrogens is 298 g/mol. The molecule has 1 aromatic rings. The summed E-state index contributed by atoms with van der Waals surface area (Å²) >= 11 is 0. The fourth-order valence-electron chi connectivity index (χ4n) is 3.85. The number of fused-ring (bicyclic) bond motifs is 2. The summed E-state index contributed by atoms with van der Waals surface area (Å²) in [6.07, 6.45) is 0.382. The van der Waals surface area contributed by atoms with Crippen molar-refractivity contribution in [2.45, 2.75) is 6.42 Å². The van der Waals surface area contributed by atoms with Crippen LogP contribution in [0.25, 0.3) is 0 Å². The molecule has 6 heteroatoms. The quantitative estimate of drug-likeness (QED) is 0.831. The number of methoxy groups -OCH3 is 1. The van der Waals surface area contributed by atoms with E-state index < -0.39 is 0 Å². The van der Waals surface area contributed by atoms with Crippen LogP contribution in [0.5, 0.6) is 11.5 Å². The van der Waals surface area contributed by atoms with Crippen molar-refractivity contribution < 1.29 is 23.7 Å². The first kappa shape index (κ1) is 14.8. The molecule has 0 radical (unpaired) electrons. The van der Waals surface area contributed by atoms with E-state index in [9.17, 15) is 4.79 Å². The van der Waals surface area contributed by atoms with Gasteiger partial charge in [-0.15, -0.1) is 0 Å². The number of carbonyl (C=O) groups excluding carboxylic acids is 1. The molecule has 1 amide bonds. The molecule has 4 rings (SSSR count). The van der Waals surface area contributed by atoms with Gasteiger partial charge in [-0.3, -0.25) is 4.79 Å². The minimum atomic E-state index is -0.0285. The van der Waals surface area contributed by atoms with Crippen LogP contribution in [0.1, 0.15) is 5.56 Å². The van der Waals surface area contributed by atoms with Gasteiger partial charge in [-0.05, 0) is 17.7 Å². The summed E-state index contributed by atoms with van der Waals surface area (Å²) < 4.78 is 21.7. The van der Waals surface area contributed by atoms with Crippen molar-refractivity contribution in [2.75, 3.05) is 46.8 Å². The van der Waals surface area contributed by atoms with Crippen molar-refractivity contribution in [1.82, 2.24) is 4.90 Å². The minimum absolute atomic E-state index is 0.0285. The third kappa shape index (κ3) is 2.56. The molecule has 6 nitrogen and oxygen atoms in total. The Balaban J connectivity index is 1.44. The van der Waals surface area contributed by atoms with Crippen LogP contribution in [0.4, 0.5) is 0 Å². The maximum atomic E-state index is 12.7. The number of carbonyl (C=O) groups is 1. The lowest BCUT2D eigenvalue weighted by Crippen LogP contribution is -2.37. The molecule has 2 fully saturated rings. The van der Waals surface area contributed by atoms with Crippen LogP contribution in [-0.2, 0) is 20.7 Å². The highest BCUT2D eigenvalue weighted by Crippen LogP contribution is 2.41. The fraction of sp³-hybridized carbons (Fsp3) is 0.588. The van der Waals surface area contributed by atoms with E-state index in [2.05, 4.69) is 0 Å². The molecule has 0 aliphatic carbocycles. The fourth-order valence-corrected chi connectivity index (χ4v) is 3.85. The zero-order valence-corrected chi connectivity index (χ0v) is 13.2. The first-order valence-corrected chi connectivity index (χ1v) is 7.93. The largest absolute Gasteiger partial charge is 0.454 e. The number of benzene rings is 1. The lowest BCUT2D eigenvalue weighted by atomic mass is 9.82. The molecule has 3 aliphatic heterocycles.